The predicted octanol–water partition coefficient (Wildman–Crippen LogP) is 1.18. The molecule has 0 atom stereocenters. The number of Topliss-reactive ketones (excluding diaryl/α,β-unsaturated/α-hetero) is 1. The Kier molecular flexibility index (Phi) is 6.55. The topological polar surface area (TPSA) is 71.9 Å². The molecule has 0 saturated carbocycles. The highest BCUT2D eigenvalue weighted by atomic mass is 16.2. The molecule has 0 aromatic carbocycles. The minimum Gasteiger partial charge on any atom is -0.298 e. The van der Waals surface area contributed by atoms with Crippen LogP contribution in [0.25, 0.3) is 6.08 Å². The summed E-state index contributed by atoms with van der Waals surface area (Å²) in [5, 5.41) is 0. The minimum atomic E-state index is -0.566. The van der Waals surface area contributed by atoms with Crippen LogP contribution in [0, 0.1) is 0 Å². The highest BCUT2D eigenvalue weighted by Gasteiger charge is 2.03. The molecule has 0 aliphatic heterocycles. The first-order valence-electron chi connectivity index (χ1n) is 5.50. The van der Waals surface area contributed by atoms with Crippen molar-refractivity contribution < 1.29 is 4.79 Å². The molecule has 0 amide bonds. The van der Waals surface area contributed by atoms with Crippen LogP contribution < -0.4 is 11.2 Å². The van der Waals surface area contributed by atoms with Crippen LogP contribution in [0.15, 0.2) is 21.9 Å². The standard InChI is InChI=1S/C10H12N2O3.C2H6/c1-3-4-8-6-12(5-7(2)13)10(15)11-9(8)14;1-2/h3-4,6H,5H2,1-2H3,(H,11,14,15);1-2H3/b4-3+;. The summed E-state index contributed by atoms with van der Waals surface area (Å²) in [5.74, 6) is -0.143. The molecule has 0 aliphatic rings. The van der Waals surface area contributed by atoms with E-state index in [1.807, 2.05) is 13.8 Å². The zero-order valence-corrected chi connectivity index (χ0v) is 10.6. The fourth-order valence-corrected chi connectivity index (χ4v) is 1.18. The second-order valence-corrected chi connectivity index (χ2v) is 3.17. The number of nitrogens with one attached hydrogen (secondary N) is 1. The number of H-pyrrole nitrogens is 1. The quantitative estimate of drug-likeness (QED) is 0.859. The molecule has 0 radical (unpaired) electrons. The third-order valence-electron chi connectivity index (χ3n) is 1.78. The van der Waals surface area contributed by atoms with E-state index < -0.39 is 11.2 Å². The van der Waals surface area contributed by atoms with Gasteiger partial charge in [0.15, 0.2) is 0 Å². The highest BCUT2D eigenvalue weighted by molar-refractivity contribution is 5.75. The molecular weight excluding hydrogens is 220 g/mol. The molecule has 0 saturated heterocycles. The van der Waals surface area contributed by atoms with E-state index in [2.05, 4.69) is 4.98 Å². The molecule has 5 nitrogen and oxygen atoms in total. The van der Waals surface area contributed by atoms with Gasteiger partial charge in [-0.05, 0) is 13.8 Å². The number of nitrogens with zero attached hydrogens (tertiary/aromatic N) is 1. The number of carbonyl (C=O) groups is 1. The van der Waals surface area contributed by atoms with Crippen molar-refractivity contribution in [2.45, 2.75) is 34.2 Å². The van der Waals surface area contributed by atoms with E-state index in [0.29, 0.717) is 5.56 Å². The Morgan fingerprint density at radius 1 is 1.41 bits per heavy atom. The minimum absolute atomic E-state index is 0.0276. The molecule has 0 bridgehead atoms. The molecular formula is C12H18N2O3. The number of ketones is 1. The summed E-state index contributed by atoms with van der Waals surface area (Å²) in [6, 6.07) is 0. The SMILES string of the molecule is C/C=C/c1cn(CC(C)=O)c(=O)[nH]c1=O.CC. The zero-order valence-electron chi connectivity index (χ0n) is 10.6. The van der Waals surface area contributed by atoms with Crippen LogP contribution in [0.1, 0.15) is 33.3 Å². The summed E-state index contributed by atoms with van der Waals surface area (Å²) in [6.07, 6.45) is 4.64. The third-order valence-corrected chi connectivity index (χ3v) is 1.78. The van der Waals surface area contributed by atoms with Crippen molar-refractivity contribution in [3.8, 4) is 0 Å². The van der Waals surface area contributed by atoms with Gasteiger partial charge in [0.05, 0.1) is 12.1 Å². The smallest absolute Gasteiger partial charge is 0.298 e. The first-order valence-corrected chi connectivity index (χ1v) is 5.50. The van der Waals surface area contributed by atoms with Gasteiger partial charge in [-0.15, -0.1) is 0 Å². The molecule has 1 aromatic heterocycles. The number of hydrogen-bond donors (Lipinski definition) is 1. The molecule has 94 valence electrons. The molecule has 1 heterocycles. The predicted molar refractivity (Wildman–Crippen MR) is 68.1 cm³/mol. The summed E-state index contributed by atoms with van der Waals surface area (Å²) in [6.45, 7) is 7.12. The van der Waals surface area contributed by atoms with E-state index >= 15 is 0 Å². The maximum atomic E-state index is 11.3. The van der Waals surface area contributed by atoms with Crippen LogP contribution in [-0.2, 0) is 11.3 Å². The molecule has 1 rings (SSSR count). The molecule has 0 unspecified atom stereocenters. The maximum Gasteiger partial charge on any atom is 0.328 e. The van der Waals surface area contributed by atoms with E-state index in [9.17, 15) is 14.4 Å². The Morgan fingerprint density at radius 3 is 2.47 bits per heavy atom. The van der Waals surface area contributed by atoms with Crippen molar-refractivity contribution in [2.75, 3.05) is 0 Å². The number of carbonyl (C=O) groups excluding carboxylic acids is 1. The van der Waals surface area contributed by atoms with Gasteiger partial charge < -0.3 is 0 Å². The Hall–Kier alpha value is -1.91. The van der Waals surface area contributed by atoms with E-state index in [0.717, 1.165) is 0 Å². The van der Waals surface area contributed by atoms with E-state index in [4.69, 9.17) is 0 Å². The normalized spacial score (nSPS) is 9.88. The van der Waals surface area contributed by atoms with E-state index in [-0.39, 0.29) is 12.3 Å². The lowest BCUT2D eigenvalue weighted by Crippen LogP contribution is -2.32. The van der Waals surface area contributed by atoms with Crippen LogP contribution in [0.4, 0.5) is 0 Å². The van der Waals surface area contributed by atoms with Crippen molar-refractivity contribution in [2.24, 2.45) is 0 Å². The average Bonchev–Trinajstić information content (AvgIpc) is 2.27. The molecule has 5 heteroatoms. The number of allylic oxidation sites excluding steroid dienone is 1. The number of aromatic amines is 1. The molecule has 0 aliphatic carbocycles. The van der Waals surface area contributed by atoms with Crippen molar-refractivity contribution in [1.29, 1.82) is 0 Å². The summed E-state index contributed by atoms with van der Waals surface area (Å²) in [5.41, 5.74) is -0.653. The van der Waals surface area contributed by atoms with Crippen LogP contribution >= 0.6 is 0 Å². The molecule has 0 fully saturated rings. The Morgan fingerprint density at radius 2 is 2.00 bits per heavy atom. The second-order valence-electron chi connectivity index (χ2n) is 3.17. The van der Waals surface area contributed by atoms with Crippen LogP contribution in [-0.4, -0.2) is 15.3 Å². The van der Waals surface area contributed by atoms with Crippen LogP contribution in [0.3, 0.4) is 0 Å². The van der Waals surface area contributed by atoms with Gasteiger partial charge in [0.1, 0.15) is 5.78 Å². The van der Waals surface area contributed by atoms with Crippen LogP contribution in [0.5, 0.6) is 0 Å². The lowest BCUT2D eigenvalue weighted by Gasteiger charge is -2.02. The Bertz CT molecular complexity index is 509. The van der Waals surface area contributed by atoms with Gasteiger partial charge in [-0.25, -0.2) is 4.79 Å². The van der Waals surface area contributed by atoms with Gasteiger partial charge in [0, 0.05) is 6.20 Å². The van der Waals surface area contributed by atoms with Crippen molar-refractivity contribution in [3.63, 3.8) is 0 Å². The molecule has 0 spiro atoms. The van der Waals surface area contributed by atoms with Crippen molar-refractivity contribution >= 4 is 11.9 Å². The Labute approximate surface area is 99.8 Å². The summed E-state index contributed by atoms with van der Waals surface area (Å²) < 4.78 is 1.18. The van der Waals surface area contributed by atoms with E-state index in [1.54, 1.807) is 19.1 Å². The fourth-order valence-electron chi connectivity index (χ4n) is 1.18. The van der Waals surface area contributed by atoms with Gasteiger partial charge >= 0.3 is 5.69 Å². The van der Waals surface area contributed by atoms with Gasteiger partial charge in [-0.3, -0.25) is 19.1 Å². The van der Waals surface area contributed by atoms with E-state index in [1.165, 1.54) is 17.7 Å². The zero-order chi connectivity index (χ0) is 13.4. The number of rotatable bonds is 3. The summed E-state index contributed by atoms with van der Waals surface area (Å²) in [7, 11) is 0. The first kappa shape index (κ1) is 15.1. The summed E-state index contributed by atoms with van der Waals surface area (Å²) in [4.78, 5) is 35.5. The van der Waals surface area contributed by atoms with Crippen LogP contribution in [0.2, 0.25) is 0 Å². The molecule has 1 N–H and O–H groups in total. The van der Waals surface area contributed by atoms with Crippen molar-refractivity contribution in [1.82, 2.24) is 9.55 Å². The first-order chi connectivity index (χ1) is 8.04. The summed E-state index contributed by atoms with van der Waals surface area (Å²) >= 11 is 0. The maximum absolute atomic E-state index is 11.3. The lowest BCUT2D eigenvalue weighted by molar-refractivity contribution is -0.117. The van der Waals surface area contributed by atoms with Crippen molar-refractivity contribution in [3.05, 3.63) is 38.7 Å². The number of aromatic nitrogens is 2. The lowest BCUT2D eigenvalue weighted by atomic mass is 10.3. The average molecular weight is 238 g/mol. The van der Waals surface area contributed by atoms with Gasteiger partial charge in [0.25, 0.3) is 5.56 Å². The fraction of sp³-hybridized carbons (Fsp3) is 0.417. The second kappa shape index (κ2) is 7.38. The Balaban J connectivity index is 0.00000121. The van der Waals surface area contributed by atoms with Gasteiger partial charge in [-0.2, -0.15) is 0 Å². The third kappa shape index (κ3) is 4.63. The van der Waals surface area contributed by atoms with Gasteiger partial charge in [0.2, 0.25) is 0 Å². The monoisotopic (exact) mass is 238 g/mol. The number of hydrogen-bond acceptors (Lipinski definition) is 3. The molecule has 17 heavy (non-hydrogen) atoms. The highest BCUT2D eigenvalue weighted by Crippen LogP contribution is 1.91. The largest absolute Gasteiger partial charge is 0.328 e. The molecule has 1 aromatic rings. The van der Waals surface area contributed by atoms with Gasteiger partial charge in [-0.1, -0.05) is 26.0 Å².